The molecule has 2 rings (SSSR count). The van der Waals surface area contributed by atoms with E-state index in [0.717, 1.165) is 17.8 Å². The van der Waals surface area contributed by atoms with Crippen LogP contribution in [0.25, 0.3) is 0 Å². The molecule has 1 saturated carbocycles. The molecule has 1 fully saturated rings. The standard InChI is InChI=1S/C16H25NS/c1-4-18-16-7-5-6-15(16)17-11-14-9-8-12(2)10-13(14)3/h8-10,15-17H,4-7,11H2,1-3H3. The first-order chi connectivity index (χ1) is 8.70. The number of hydrogen-bond donors (Lipinski definition) is 1. The van der Waals surface area contributed by atoms with E-state index in [1.807, 2.05) is 0 Å². The van der Waals surface area contributed by atoms with Gasteiger partial charge in [-0.2, -0.15) is 11.8 Å². The second-order valence-corrected chi connectivity index (χ2v) is 6.86. The van der Waals surface area contributed by atoms with Crippen molar-refractivity contribution in [3.05, 3.63) is 34.9 Å². The maximum absolute atomic E-state index is 3.77. The van der Waals surface area contributed by atoms with E-state index in [0.29, 0.717) is 0 Å². The first-order valence-corrected chi connectivity index (χ1v) is 8.16. The summed E-state index contributed by atoms with van der Waals surface area (Å²) in [6.07, 6.45) is 4.13. The van der Waals surface area contributed by atoms with Crippen LogP contribution in [0.2, 0.25) is 0 Å². The van der Waals surface area contributed by atoms with Gasteiger partial charge in [-0.3, -0.25) is 0 Å². The highest BCUT2D eigenvalue weighted by molar-refractivity contribution is 7.99. The highest BCUT2D eigenvalue weighted by atomic mass is 32.2. The van der Waals surface area contributed by atoms with E-state index in [4.69, 9.17) is 0 Å². The van der Waals surface area contributed by atoms with Crippen molar-refractivity contribution >= 4 is 11.8 Å². The summed E-state index contributed by atoms with van der Waals surface area (Å²) in [6.45, 7) is 7.67. The maximum atomic E-state index is 3.77. The van der Waals surface area contributed by atoms with Gasteiger partial charge < -0.3 is 5.32 Å². The van der Waals surface area contributed by atoms with E-state index >= 15 is 0 Å². The molecule has 0 heterocycles. The van der Waals surface area contributed by atoms with Gasteiger partial charge in [-0.05, 0) is 43.6 Å². The Morgan fingerprint density at radius 2 is 2.11 bits per heavy atom. The number of thioether (sulfide) groups is 1. The van der Waals surface area contributed by atoms with Crippen LogP contribution in [-0.4, -0.2) is 17.0 Å². The Labute approximate surface area is 116 Å². The third-order valence-electron chi connectivity index (χ3n) is 3.89. The largest absolute Gasteiger partial charge is 0.309 e. The lowest BCUT2D eigenvalue weighted by molar-refractivity contribution is 0.531. The molecule has 1 aliphatic rings. The number of nitrogens with one attached hydrogen (secondary N) is 1. The SMILES string of the molecule is CCSC1CCCC1NCc1ccc(C)cc1C. The first kappa shape index (κ1) is 14.0. The molecule has 1 aromatic carbocycles. The van der Waals surface area contributed by atoms with Gasteiger partial charge in [0.25, 0.3) is 0 Å². The fraction of sp³-hybridized carbons (Fsp3) is 0.625. The molecule has 0 amide bonds. The van der Waals surface area contributed by atoms with Crippen LogP contribution in [0.1, 0.15) is 42.9 Å². The molecule has 0 radical (unpaired) electrons. The van der Waals surface area contributed by atoms with E-state index in [9.17, 15) is 0 Å². The Hall–Kier alpha value is -0.470. The summed E-state index contributed by atoms with van der Waals surface area (Å²) in [6, 6.07) is 7.49. The Morgan fingerprint density at radius 1 is 1.28 bits per heavy atom. The van der Waals surface area contributed by atoms with Gasteiger partial charge in [-0.1, -0.05) is 37.1 Å². The van der Waals surface area contributed by atoms with Crippen LogP contribution in [-0.2, 0) is 6.54 Å². The quantitative estimate of drug-likeness (QED) is 0.859. The van der Waals surface area contributed by atoms with Crippen LogP contribution in [0.4, 0.5) is 0 Å². The lowest BCUT2D eigenvalue weighted by atomic mass is 10.1. The molecule has 0 saturated heterocycles. The summed E-state index contributed by atoms with van der Waals surface area (Å²) in [4.78, 5) is 0. The average Bonchev–Trinajstić information content (AvgIpc) is 2.76. The van der Waals surface area contributed by atoms with E-state index in [-0.39, 0.29) is 0 Å². The summed E-state index contributed by atoms with van der Waals surface area (Å²) in [5.41, 5.74) is 4.23. The van der Waals surface area contributed by atoms with E-state index < -0.39 is 0 Å². The van der Waals surface area contributed by atoms with E-state index in [2.05, 4.69) is 56.0 Å². The molecule has 2 atom stereocenters. The zero-order valence-electron chi connectivity index (χ0n) is 11.8. The molecule has 2 unspecified atom stereocenters. The second kappa shape index (κ2) is 6.63. The van der Waals surface area contributed by atoms with Crippen LogP contribution in [0.3, 0.4) is 0 Å². The van der Waals surface area contributed by atoms with Crippen molar-refractivity contribution in [2.24, 2.45) is 0 Å². The van der Waals surface area contributed by atoms with Crippen LogP contribution < -0.4 is 5.32 Å². The average molecular weight is 263 g/mol. The van der Waals surface area contributed by atoms with Crippen LogP contribution in [0.15, 0.2) is 18.2 Å². The fourth-order valence-electron chi connectivity index (χ4n) is 2.86. The predicted molar refractivity (Wildman–Crippen MR) is 82.3 cm³/mol. The Kier molecular flexibility index (Phi) is 5.13. The van der Waals surface area contributed by atoms with Crippen LogP contribution in [0.5, 0.6) is 0 Å². The zero-order chi connectivity index (χ0) is 13.0. The minimum Gasteiger partial charge on any atom is -0.309 e. The van der Waals surface area contributed by atoms with Gasteiger partial charge in [-0.25, -0.2) is 0 Å². The van der Waals surface area contributed by atoms with Crippen molar-refractivity contribution in [1.82, 2.24) is 5.32 Å². The predicted octanol–water partition coefficient (Wildman–Crippen LogP) is 4.07. The van der Waals surface area contributed by atoms with Gasteiger partial charge in [0.05, 0.1) is 0 Å². The van der Waals surface area contributed by atoms with Gasteiger partial charge >= 0.3 is 0 Å². The topological polar surface area (TPSA) is 12.0 Å². The summed E-state index contributed by atoms with van der Waals surface area (Å²) < 4.78 is 0. The third kappa shape index (κ3) is 3.52. The van der Waals surface area contributed by atoms with Crippen molar-refractivity contribution in [2.75, 3.05) is 5.75 Å². The van der Waals surface area contributed by atoms with E-state index in [1.165, 1.54) is 41.7 Å². The molecule has 1 aromatic rings. The first-order valence-electron chi connectivity index (χ1n) is 7.12. The maximum Gasteiger partial charge on any atom is 0.0211 e. The smallest absolute Gasteiger partial charge is 0.0211 e. The molecule has 1 N–H and O–H groups in total. The summed E-state index contributed by atoms with van der Waals surface area (Å²) in [5, 5.41) is 4.61. The summed E-state index contributed by atoms with van der Waals surface area (Å²) in [5.74, 6) is 1.24. The van der Waals surface area contributed by atoms with Gasteiger partial charge in [-0.15, -0.1) is 0 Å². The molecule has 0 aromatic heterocycles. The monoisotopic (exact) mass is 263 g/mol. The Bertz CT molecular complexity index is 389. The minimum atomic E-state index is 0.718. The molecule has 0 aliphatic heterocycles. The molecule has 2 heteroatoms. The van der Waals surface area contributed by atoms with Crippen molar-refractivity contribution in [1.29, 1.82) is 0 Å². The summed E-state index contributed by atoms with van der Waals surface area (Å²) in [7, 11) is 0. The van der Waals surface area contributed by atoms with Crippen molar-refractivity contribution in [3.63, 3.8) is 0 Å². The van der Waals surface area contributed by atoms with Gasteiger partial charge in [0.2, 0.25) is 0 Å². The van der Waals surface area contributed by atoms with Crippen molar-refractivity contribution < 1.29 is 0 Å². The molecule has 0 spiro atoms. The van der Waals surface area contributed by atoms with Gasteiger partial charge in [0, 0.05) is 17.8 Å². The molecule has 18 heavy (non-hydrogen) atoms. The number of rotatable bonds is 5. The Balaban J connectivity index is 1.90. The number of aryl methyl sites for hydroxylation is 2. The lowest BCUT2D eigenvalue weighted by Crippen LogP contribution is -2.33. The van der Waals surface area contributed by atoms with Crippen LogP contribution >= 0.6 is 11.8 Å². The molecular formula is C16H25NS. The molecule has 1 nitrogen and oxygen atoms in total. The third-order valence-corrected chi connectivity index (χ3v) is 5.21. The molecule has 100 valence electrons. The van der Waals surface area contributed by atoms with Crippen molar-refractivity contribution in [3.8, 4) is 0 Å². The number of benzene rings is 1. The Morgan fingerprint density at radius 3 is 2.83 bits per heavy atom. The minimum absolute atomic E-state index is 0.718. The van der Waals surface area contributed by atoms with Crippen molar-refractivity contribution in [2.45, 2.75) is 57.9 Å². The van der Waals surface area contributed by atoms with E-state index in [1.54, 1.807) is 0 Å². The fourth-order valence-corrected chi connectivity index (χ4v) is 4.08. The zero-order valence-corrected chi connectivity index (χ0v) is 12.6. The highest BCUT2D eigenvalue weighted by Crippen LogP contribution is 2.30. The lowest BCUT2D eigenvalue weighted by Gasteiger charge is -2.21. The van der Waals surface area contributed by atoms with Crippen LogP contribution in [0, 0.1) is 13.8 Å². The molecular weight excluding hydrogens is 238 g/mol. The molecule has 0 bridgehead atoms. The second-order valence-electron chi connectivity index (χ2n) is 5.34. The summed E-state index contributed by atoms with van der Waals surface area (Å²) >= 11 is 2.13. The van der Waals surface area contributed by atoms with Gasteiger partial charge in [0.1, 0.15) is 0 Å². The highest BCUT2D eigenvalue weighted by Gasteiger charge is 2.26. The molecule has 1 aliphatic carbocycles. The van der Waals surface area contributed by atoms with Gasteiger partial charge in [0.15, 0.2) is 0 Å². The normalized spacial score (nSPS) is 23.5. The number of hydrogen-bond acceptors (Lipinski definition) is 2.